The first-order valence-corrected chi connectivity index (χ1v) is 6.11. The summed E-state index contributed by atoms with van der Waals surface area (Å²) in [5.74, 6) is 1.62. The summed E-state index contributed by atoms with van der Waals surface area (Å²) in [4.78, 5) is 4.44. The molecule has 0 amide bonds. The van der Waals surface area contributed by atoms with Crippen LogP contribution in [0.2, 0.25) is 0 Å². The molecule has 3 rings (SSSR count). The van der Waals surface area contributed by atoms with Crippen molar-refractivity contribution in [3.05, 3.63) is 42.5 Å². The molecule has 5 heteroatoms. The second kappa shape index (κ2) is 5.98. The van der Waals surface area contributed by atoms with Gasteiger partial charge in [0.15, 0.2) is 0 Å². The molecule has 0 spiro atoms. The zero-order chi connectivity index (χ0) is 11.5. The van der Waals surface area contributed by atoms with E-state index in [0.29, 0.717) is 5.92 Å². The van der Waals surface area contributed by atoms with Crippen molar-refractivity contribution >= 4 is 12.4 Å². The maximum Gasteiger partial charge on any atom is 0.138 e. The van der Waals surface area contributed by atoms with Crippen molar-refractivity contribution in [1.29, 1.82) is 0 Å². The third-order valence-electron chi connectivity index (χ3n) is 3.28. The molecule has 0 bridgehead atoms. The van der Waals surface area contributed by atoms with Crippen LogP contribution in [0.4, 0.5) is 0 Å². The molecule has 0 atom stereocenters. The predicted molar refractivity (Wildman–Crippen MR) is 73.5 cm³/mol. The Morgan fingerprint density at radius 3 is 2.56 bits per heavy atom. The molecule has 18 heavy (non-hydrogen) atoms. The van der Waals surface area contributed by atoms with Crippen LogP contribution in [0, 0.1) is 0 Å². The SMILES string of the molecule is Cl.c1ccc(-n2ncnc2C2CCNCC2)cc1. The highest BCUT2D eigenvalue weighted by Gasteiger charge is 2.20. The third-order valence-corrected chi connectivity index (χ3v) is 3.28. The number of para-hydroxylation sites is 1. The Morgan fingerprint density at radius 1 is 1.11 bits per heavy atom. The Morgan fingerprint density at radius 2 is 1.83 bits per heavy atom. The lowest BCUT2D eigenvalue weighted by molar-refractivity contribution is 0.438. The number of aromatic nitrogens is 3. The van der Waals surface area contributed by atoms with Gasteiger partial charge in [-0.3, -0.25) is 0 Å². The second-order valence-electron chi connectivity index (χ2n) is 4.39. The fraction of sp³-hybridized carbons (Fsp3) is 0.385. The van der Waals surface area contributed by atoms with E-state index in [1.165, 1.54) is 0 Å². The van der Waals surface area contributed by atoms with Crippen molar-refractivity contribution < 1.29 is 0 Å². The molecule has 1 aliphatic rings. The molecule has 1 saturated heterocycles. The number of nitrogens with one attached hydrogen (secondary N) is 1. The van der Waals surface area contributed by atoms with Gasteiger partial charge in [-0.05, 0) is 38.1 Å². The second-order valence-corrected chi connectivity index (χ2v) is 4.39. The molecule has 1 N–H and O–H groups in total. The molecule has 4 nitrogen and oxygen atoms in total. The molecule has 2 heterocycles. The molecule has 0 aliphatic carbocycles. The number of hydrogen-bond donors (Lipinski definition) is 1. The van der Waals surface area contributed by atoms with E-state index in [-0.39, 0.29) is 12.4 Å². The number of rotatable bonds is 2. The predicted octanol–water partition coefficient (Wildman–Crippen LogP) is 2.16. The smallest absolute Gasteiger partial charge is 0.138 e. The van der Waals surface area contributed by atoms with Gasteiger partial charge in [0.25, 0.3) is 0 Å². The molecule has 0 unspecified atom stereocenters. The first-order valence-electron chi connectivity index (χ1n) is 6.11. The minimum Gasteiger partial charge on any atom is -0.317 e. The van der Waals surface area contributed by atoms with Crippen LogP contribution in [0.5, 0.6) is 0 Å². The topological polar surface area (TPSA) is 42.7 Å². The van der Waals surface area contributed by atoms with Crippen LogP contribution in [0.1, 0.15) is 24.6 Å². The summed E-state index contributed by atoms with van der Waals surface area (Å²) in [6.45, 7) is 2.15. The Labute approximate surface area is 113 Å². The van der Waals surface area contributed by atoms with Gasteiger partial charge in [-0.15, -0.1) is 12.4 Å². The molecular weight excluding hydrogens is 248 g/mol. The lowest BCUT2D eigenvalue weighted by Crippen LogP contribution is -2.28. The quantitative estimate of drug-likeness (QED) is 0.904. The summed E-state index contributed by atoms with van der Waals surface area (Å²) >= 11 is 0. The van der Waals surface area contributed by atoms with Gasteiger partial charge in [0.05, 0.1) is 5.69 Å². The number of benzene rings is 1. The molecule has 1 aromatic heterocycles. The Bertz CT molecular complexity index is 477. The van der Waals surface area contributed by atoms with Gasteiger partial charge < -0.3 is 5.32 Å². The van der Waals surface area contributed by atoms with E-state index in [1.807, 2.05) is 22.9 Å². The van der Waals surface area contributed by atoms with E-state index in [4.69, 9.17) is 0 Å². The Balaban J connectivity index is 0.00000120. The minimum absolute atomic E-state index is 0. The summed E-state index contributed by atoms with van der Waals surface area (Å²) in [5, 5.41) is 7.73. The van der Waals surface area contributed by atoms with Crippen LogP contribution in [-0.2, 0) is 0 Å². The first-order chi connectivity index (χ1) is 8.45. The first kappa shape index (κ1) is 13.1. The van der Waals surface area contributed by atoms with Gasteiger partial charge in [0.2, 0.25) is 0 Å². The van der Waals surface area contributed by atoms with Crippen molar-refractivity contribution in [3.8, 4) is 5.69 Å². The summed E-state index contributed by atoms with van der Waals surface area (Å²) in [5.41, 5.74) is 1.10. The van der Waals surface area contributed by atoms with Crippen molar-refractivity contribution in [2.45, 2.75) is 18.8 Å². The van der Waals surface area contributed by atoms with Gasteiger partial charge in [0, 0.05) is 5.92 Å². The van der Waals surface area contributed by atoms with Gasteiger partial charge >= 0.3 is 0 Å². The highest BCUT2D eigenvalue weighted by molar-refractivity contribution is 5.85. The highest BCUT2D eigenvalue weighted by Crippen LogP contribution is 2.24. The number of nitrogens with zero attached hydrogens (tertiary/aromatic N) is 3. The maximum atomic E-state index is 4.44. The van der Waals surface area contributed by atoms with E-state index < -0.39 is 0 Å². The fourth-order valence-corrected chi connectivity index (χ4v) is 2.38. The van der Waals surface area contributed by atoms with Crippen molar-refractivity contribution in [1.82, 2.24) is 20.1 Å². The number of halogens is 1. The lowest BCUT2D eigenvalue weighted by atomic mass is 9.97. The molecular formula is C13H17ClN4. The molecule has 1 aliphatic heterocycles. The van der Waals surface area contributed by atoms with Crippen LogP contribution in [0.3, 0.4) is 0 Å². The third kappa shape index (κ3) is 2.54. The van der Waals surface area contributed by atoms with Gasteiger partial charge in [-0.1, -0.05) is 18.2 Å². The van der Waals surface area contributed by atoms with Gasteiger partial charge in [0.1, 0.15) is 12.2 Å². The average molecular weight is 265 g/mol. The van der Waals surface area contributed by atoms with Crippen LogP contribution in [0.25, 0.3) is 5.69 Å². The Kier molecular flexibility index (Phi) is 4.33. The largest absolute Gasteiger partial charge is 0.317 e. The number of hydrogen-bond acceptors (Lipinski definition) is 3. The van der Waals surface area contributed by atoms with Crippen molar-refractivity contribution in [3.63, 3.8) is 0 Å². The Hall–Kier alpha value is -1.39. The summed E-state index contributed by atoms with van der Waals surface area (Å²) in [6.07, 6.45) is 3.95. The fourth-order valence-electron chi connectivity index (χ4n) is 2.38. The molecule has 1 aromatic carbocycles. The number of piperidine rings is 1. The van der Waals surface area contributed by atoms with E-state index in [1.54, 1.807) is 6.33 Å². The van der Waals surface area contributed by atoms with Gasteiger partial charge in [-0.25, -0.2) is 9.67 Å². The summed E-state index contributed by atoms with van der Waals surface area (Å²) in [7, 11) is 0. The summed E-state index contributed by atoms with van der Waals surface area (Å²) < 4.78 is 1.97. The highest BCUT2D eigenvalue weighted by atomic mass is 35.5. The van der Waals surface area contributed by atoms with E-state index in [0.717, 1.165) is 37.4 Å². The zero-order valence-corrected chi connectivity index (χ0v) is 10.9. The van der Waals surface area contributed by atoms with Crippen LogP contribution in [-0.4, -0.2) is 27.9 Å². The van der Waals surface area contributed by atoms with Crippen LogP contribution < -0.4 is 5.32 Å². The van der Waals surface area contributed by atoms with Crippen molar-refractivity contribution in [2.24, 2.45) is 0 Å². The van der Waals surface area contributed by atoms with Crippen LogP contribution in [0.15, 0.2) is 36.7 Å². The average Bonchev–Trinajstić information content (AvgIpc) is 2.90. The monoisotopic (exact) mass is 264 g/mol. The molecule has 0 radical (unpaired) electrons. The van der Waals surface area contributed by atoms with E-state index in [9.17, 15) is 0 Å². The zero-order valence-electron chi connectivity index (χ0n) is 10.1. The molecule has 2 aromatic rings. The molecule has 0 saturated carbocycles. The standard InChI is InChI=1S/C13H16N4.ClH/c1-2-4-12(5-3-1)17-13(15-10-16-17)11-6-8-14-9-7-11;/h1-5,10-11,14H,6-9H2;1H. The van der Waals surface area contributed by atoms with E-state index >= 15 is 0 Å². The maximum absolute atomic E-state index is 4.44. The molecule has 1 fully saturated rings. The molecule has 96 valence electrons. The van der Waals surface area contributed by atoms with Crippen LogP contribution >= 0.6 is 12.4 Å². The normalized spacial score (nSPS) is 16.2. The van der Waals surface area contributed by atoms with E-state index in [2.05, 4.69) is 27.5 Å². The van der Waals surface area contributed by atoms with Gasteiger partial charge in [-0.2, -0.15) is 5.10 Å². The summed E-state index contributed by atoms with van der Waals surface area (Å²) in [6, 6.07) is 10.2. The van der Waals surface area contributed by atoms with Crippen molar-refractivity contribution in [2.75, 3.05) is 13.1 Å². The minimum atomic E-state index is 0. The lowest BCUT2D eigenvalue weighted by Gasteiger charge is -2.22.